The topological polar surface area (TPSA) is 92.7 Å². The van der Waals surface area contributed by atoms with E-state index in [0.29, 0.717) is 43.1 Å². The van der Waals surface area contributed by atoms with E-state index >= 15 is 0 Å². The monoisotopic (exact) mass is 339 g/mol. The maximum Gasteiger partial charge on any atom is 0.257 e. The summed E-state index contributed by atoms with van der Waals surface area (Å²) in [5.41, 5.74) is 1.22. The number of anilines is 1. The largest absolute Gasteiger partial charge is 0.472 e. The lowest BCUT2D eigenvalue weighted by Crippen LogP contribution is -2.41. The fraction of sp³-hybridized carbons (Fsp3) is 0.294. The van der Waals surface area contributed by atoms with Crippen LogP contribution in [0.4, 0.5) is 5.95 Å². The minimum atomic E-state index is -0.149. The zero-order chi connectivity index (χ0) is 17.2. The van der Waals surface area contributed by atoms with E-state index in [4.69, 9.17) is 4.42 Å². The van der Waals surface area contributed by atoms with Gasteiger partial charge in [0.15, 0.2) is 5.65 Å². The molecule has 4 rings (SSSR count). The minimum Gasteiger partial charge on any atom is -0.472 e. The Morgan fingerprint density at radius 2 is 2.00 bits per heavy atom. The molecule has 0 bridgehead atoms. The molecule has 1 N–H and O–H groups in total. The quantitative estimate of drug-likeness (QED) is 0.785. The predicted octanol–water partition coefficient (Wildman–Crippen LogP) is 1.81. The third-order valence-electron chi connectivity index (χ3n) is 4.47. The first-order valence-electron chi connectivity index (χ1n) is 8.14. The summed E-state index contributed by atoms with van der Waals surface area (Å²) in [4.78, 5) is 26.5. The lowest BCUT2D eigenvalue weighted by molar-refractivity contribution is -0.121. The number of carbonyl (C=O) groups is 2. The normalized spacial score (nSPS) is 15.4. The molecule has 8 heteroatoms. The van der Waals surface area contributed by atoms with E-state index in [2.05, 4.69) is 15.5 Å². The predicted molar refractivity (Wildman–Crippen MR) is 89.0 cm³/mol. The average molecular weight is 339 g/mol. The Hall–Kier alpha value is -3.16. The van der Waals surface area contributed by atoms with Crippen LogP contribution in [0.3, 0.4) is 0 Å². The van der Waals surface area contributed by atoms with Crippen LogP contribution in [-0.2, 0) is 4.79 Å². The maximum atomic E-state index is 12.5. The highest BCUT2D eigenvalue weighted by Gasteiger charge is 2.28. The molecule has 8 nitrogen and oxygen atoms in total. The SMILES string of the molecule is O=C(Nc1nnc2ccccn12)C1CCN(C(=O)c2ccoc2)CC1. The molecule has 0 aromatic carbocycles. The van der Waals surface area contributed by atoms with Gasteiger partial charge < -0.3 is 9.32 Å². The van der Waals surface area contributed by atoms with Gasteiger partial charge in [-0.2, -0.15) is 0 Å². The third kappa shape index (κ3) is 2.98. The van der Waals surface area contributed by atoms with Gasteiger partial charge in [0.1, 0.15) is 6.26 Å². The number of pyridine rings is 1. The number of aromatic nitrogens is 3. The number of nitrogens with one attached hydrogen (secondary N) is 1. The summed E-state index contributed by atoms with van der Waals surface area (Å²) < 4.78 is 6.68. The molecule has 1 fully saturated rings. The van der Waals surface area contributed by atoms with Gasteiger partial charge in [-0.05, 0) is 31.0 Å². The average Bonchev–Trinajstić information content (AvgIpc) is 3.32. The number of rotatable bonds is 3. The van der Waals surface area contributed by atoms with Gasteiger partial charge in [0.2, 0.25) is 11.9 Å². The first kappa shape index (κ1) is 15.4. The summed E-state index contributed by atoms with van der Waals surface area (Å²) in [5, 5.41) is 10.9. The molecular formula is C17H17N5O3. The van der Waals surface area contributed by atoms with Gasteiger partial charge in [0, 0.05) is 25.2 Å². The Labute approximate surface area is 143 Å². The second-order valence-corrected chi connectivity index (χ2v) is 6.02. The van der Waals surface area contributed by atoms with Crippen molar-refractivity contribution in [2.75, 3.05) is 18.4 Å². The highest BCUT2D eigenvalue weighted by molar-refractivity contribution is 5.94. The van der Waals surface area contributed by atoms with E-state index in [1.165, 1.54) is 12.5 Å². The summed E-state index contributed by atoms with van der Waals surface area (Å²) in [6.07, 6.45) is 5.96. The van der Waals surface area contributed by atoms with Gasteiger partial charge >= 0.3 is 0 Å². The Balaban J connectivity index is 1.37. The Kier molecular flexibility index (Phi) is 3.93. The Morgan fingerprint density at radius 3 is 2.76 bits per heavy atom. The van der Waals surface area contributed by atoms with E-state index < -0.39 is 0 Å². The number of amides is 2. The van der Waals surface area contributed by atoms with Gasteiger partial charge in [-0.15, -0.1) is 10.2 Å². The molecule has 3 aromatic heterocycles. The van der Waals surface area contributed by atoms with Crippen molar-refractivity contribution in [3.8, 4) is 0 Å². The van der Waals surface area contributed by atoms with Crippen LogP contribution >= 0.6 is 0 Å². The van der Waals surface area contributed by atoms with Crippen molar-refractivity contribution in [2.45, 2.75) is 12.8 Å². The number of nitrogens with zero attached hydrogens (tertiary/aromatic N) is 4. The van der Waals surface area contributed by atoms with Gasteiger partial charge in [-0.1, -0.05) is 6.07 Å². The van der Waals surface area contributed by atoms with Crippen molar-refractivity contribution in [1.82, 2.24) is 19.5 Å². The van der Waals surface area contributed by atoms with E-state index in [0.717, 1.165) is 0 Å². The second kappa shape index (κ2) is 6.39. The summed E-state index contributed by atoms with van der Waals surface area (Å²) in [7, 11) is 0. The first-order chi connectivity index (χ1) is 12.2. The highest BCUT2D eigenvalue weighted by Crippen LogP contribution is 2.21. The van der Waals surface area contributed by atoms with Crippen LogP contribution in [0.25, 0.3) is 5.65 Å². The minimum absolute atomic E-state index is 0.0592. The number of hydrogen-bond acceptors (Lipinski definition) is 5. The van der Waals surface area contributed by atoms with Crippen LogP contribution in [0.15, 0.2) is 47.4 Å². The summed E-state index contributed by atoms with van der Waals surface area (Å²) in [6.45, 7) is 1.09. The summed E-state index contributed by atoms with van der Waals surface area (Å²) in [5.74, 6) is 0.117. The van der Waals surface area contributed by atoms with Gasteiger partial charge in [0.25, 0.3) is 5.91 Å². The summed E-state index contributed by atoms with van der Waals surface area (Å²) >= 11 is 0. The molecule has 0 spiro atoms. The molecule has 1 saturated heterocycles. The number of piperidine rings is 1. The van der Waals surface area contributed by atoms with E-state index in [1.807, 2.05) is 18.2 Å². The van der Waals surface area contributed by atoms with Crippen LogP contribution in [-0.4, -0.2) is 44.4 Å². The molecule has 1 aliphatic rings. The molecule has 0 saturated carbocycles. The molecule has 0 aliphatic carbocycles. The van der Waals surface area contributed by atoms with E-state index in [9.17, 15) is 9.59 Å². The molecule has 3 aromatic rings. The number of furan rings is 1. The van der Waals surface area contributed by atoms with Crippen LogP contribution in [0, 0.1) is 5.92 Å². The van der Waals surface area contributed by atoms with Crippen LogP contribution in [0.1, 0.15) is 23.2 Å². The molecule has 0 atom stereocenters. The fourth-order valence-electron chi connectivity index (χ4n) is 3.05. The zero-order valence-electron chi connectivity index (χ0n) is 13.5. The van der Waals surface area contributed by atoms with E-state index in [1.54, 1.807) is 21.6 Å². The molecule has 2 amide bonds. The molecule has 4 heterocycles. The second-order valence-electron chi connectivity index (χ2n) is 6.02. The lowest BCUT2D eigenvalue weighted by Gasteiger charge is -2.30. The lowest BCUT2D eigenvalue weighted by atomic mass is 9.95. The summed E-state index contributed by atoms with van der Waals surface area (Å²) in [6, 6.07) is 7.19. The maximum absolute atomic E-state index is 12.5. The first-order valence-corrected chi connectivity index (χ1v) is 8.14. The van der Waals surface area contributed by atoms with Crippen molar-refractivity contribution < 1.29 is 14.0 Å². The van der Waals surface area contributed by atoms with Crippen molar-refractivity contribution in [1.29, 1.82) is 0 Å². The molecule has 0 unspecified atom stereocenters. The highest BCUT2D eigenvalue weighted by atomic mass is 16.3. The number of hydrogen-bond donors (Lipinski definition) is 1. The molecule has 0 radical (unpaired) electrons. The van der Waals surface area contributed by atoms with Crippen LogP contribution in [0.2, 0.25) is 0 Å². The van der Waals surface area contributed by atoms with Gasteiger partial charge in [-0.3, -0.25) is 19.3 Å². The number of fused-ring (bicyclic) bond motifs is 1. The Morgan fingerprint density at radius 1 is 1.16 bits per heavy atom. The van der Waals surface area contributed by atoms with Crippen molar-refractivity contribution in [2.24, 2.45) is 5.92 Å². The zero-order valence-corrected chi connectivity index (χ0v) is 13.5. The fourth-order valence-corrected chi connectivity index (χ4v) is 3.05. The third-order valence-corrected chi connectivity index (χ3v) is 4.47. The standard InChI is InChI=1S/C17H17N5O3/c23-15(18-17-20-19-14-3-1-2-7-22(14)17)12-4-8-21(9-5-12)16(24)13-6-10-25-11-13/h1-3,6-7,10-12H,4-5,8-9H2,(H,18,20,23). The van der Waals surface area contributed by atoms with Gasteiger partial charge in [-0.25, -0.2) is 0 Å². The molecule has 25 heavy (non-hydrogen) atoms. The number of likely N-dealkylation sites (tertiary alicyclic amines) is 1. The van der Waals surface area contributed by atoms with Crippen molar-refractivity contribution in [3.63, 3.8) is 0 Å². The Bertz CT molecular complexity index is 894. The van der Waals surface area contributed by atoms with E-state index in [-0.39, 0.29) is 17.7 Å². The molecular weight excluding hydrogens is 322 g/mol. The molecule has 1 aliphatic heterocycles. The molecule has 128 valence electrons. The van der Waals surface area contributed by atoms with Crippen LogP contribution < -0.4 is 5.32 Å². The number of carbonyl (C=O) groups excluding carboxylic acids is 2. The van der Waals surface area contributed by atoms with Gasteiger partial charge in [0.05, 0.1) is 11.8 Å². The van der Waals surface area contributed by atoms with Crippen molar-refractivity contribution >= 4 is 23.4 Å². The van der Waals surface area contributed by atoms with Crippen molar-refractivity contribution in [3.05, 3.63) is 48.6 Å². The smallest absolute Gasteiger partial charge is 0.257 e. The van der Waals surface area contributed by atoms with Crippen LogP contribution in [0.5, 0.6) is 0 Å².